The third-order valence-corrected chi connectivity index (χ3v) is 4.07. The molecule has 0 aromatic heterocycles. The number of benzene rings is 1. The lowest BCUT2D eigenvalue weighted by atomic mass is 10.1. The van der Waals surface area contributed by atoms with Gasteiger partial charge in [-0.1, -0.05) is 34.1 Å². The molecule has 1 saturated heterocycles. The summed E-state index contributed by atoms with van der Waals surface area (Å²) < 4.78 is 0. The van der Waals surface area contributed by atoms with Gasteiger partial charge in [-0.3, -0.25) is 4.79 Å². The van der Waals surface area contributed by atoms with Gasteiger partial charge in [0.15, 0.2) is 0 Å². The topological polar surface area (TPSA) is 40.5 Å². The fraction of sp³-hybridized carbons (Fsp3) is 0.462. The first-order valence-corrected chi connectivity index (χ1v) is 6.93. The van der Waals surface area contributed by atoms with Gasteiger partial charge in [0.2, 0.25) is 5.91 Å². The van der Waals surface area contributed by atoms with Gasteiger partial charge in [0, 0.05) is 24.8 Å². The second-order valence-corrected chi connectivity index (χ2v) is 5.09. The lowest BCUT2D eigenvalue weighted by molar-refractivity contribution is -0.127. The normalized spacial score (nSPS) is 19.9. The van der Waals surface area contributed by atoms with Crippen LogP contribution in [0, 0.1) is 5.92 Å². The third-order valence-electron chi connectivity index (χ3n) is 3.16. The molecule has 0 radical (unpaired) electrons. The largest absolute Gasteiger partial charge is 0.508 e. The van der Waals surface area contributed by atoms with Crippen LogP contribution in [0.15, 0.2) is 24.3 Å². The Morgan fingerprint density at radius 1 is 1.41 bits per heavy atom. The van der Waals surface area contributed by atoms with Crippen molar-refractivity contribution in [3.63, 3.8) is 0 Å². The van der Waals surface area contributed by atoms with E-state index in [1.807, 2.05) is 17.0 Å². The Labute approximate surface area is 110 Å². The quantitative estimate of drug-likeness (QED) is 0.866. The molecule has 17 heavy (non-hydrogen) atoms. The summed E-state index contributed by atoms with van der Waals surface area (Å²) in [4.78, 5) is 13.6. The predicted molar refractivity (Wildman–Crippen MR) is 70.3 cm³/mol. The molecule has 0 spiro atoms. The van der Waals surface area contributed by atoms with E-state index >= 15 is 0 Å². The minimum Gasteiger partial charge on any atom is -0.508 e. The number of carbonyl (C=O) groups excluding carboxylic acids is 1. The predicted octanol–water partition coefficient (Wildman–Crippen LogP) is 2.18. The summed E-state index contributed by atoms with van der Waals surface area (Å²) in [7, 11) is 0. The fourth-order valence-electron chi connectivity index (χ4n) is 2.15. The van der Waals surface area contributed by atoms with E-state index in [2.05, 4.69) is 15.9 Å². The van der Waals surface area contributed by atoms with Crippen LogP contribution >= 0.6 is 15.9 Å². The molecule has 1 aliphatic heterocycles. The molecule has 0 saturated carbocycles. The number of halogens is 1. The number of carbonyl (C=O) groups is 1. The Hall–Kier alpha value is -1.03. The van der Waals surface area contributed by atoms with E-state index in [0.29, 0.717) is 31.1 Å². The van der Waals surface area contributed by atoms with Crippen molar-refractivity contribution in [2.75, 3.05) is 18.4 Å². The van der Waals surface area contributed by atoms with E-state index in [9.17, 15) is 9.90 Å². The zero-order valence-corrected chi connectivity index (χ0v) is 11.2. The van der Waals surface area contributed by atoms with Gasteiger partial charge in [-0.25, -0.2) is 0 Å². The summed E-state index contributed by atoms with van der Waals surface area (Å²) in [5, 5.41) is 10.5. The maximum Gasteiger partial charge on any atom is 0.222 e. The van der Waals surface area contributed by atoms with Crippen molar-refractivity contribution in [2.45, 2.75) is 12.8 Å². The van der Waals surface area contributed by atoms with E-state index in [4.69, 9.17) is 0 Å². The van der Waals surface area contributed by atoms with Crippen LogP contribution in [-0.4, -0.2) is 34.3 Å². The minimum absolute atomic E-state index is 0.227. The van der Waals surface area contributed by atoms with Crippen molar-refractivity contribution in [2.24, 2.45) is 5.92 Å². The maximum atomic E-state index is 11.7. The minimum atomic E-state index is 0.227. The van der Waals surface area contributed by atoms with Gasteiger partial charge >= 0.3 is 0 Å². The summed E-state index contributed by atoms with van der Waals surface area (Å²) in [5.74, 6) is 0.980. The Kier molecular flexibility index (Phi) is 4.05. The van der Waals surface area contributed by atoms with E-state index in [0.717, 1.165) is 17.4 Å². The number of para-hydroxylation sites is 1. The number of aromatic hydroxyl groups is 1. The highest BCUT2D eigenvalue weighted by Gasteiger charge is 2.28. The van der Waals surface area contributed by atoms with E-state index in [1.54, 1.807) is 12.1 Å². The molecule has 1 amide bonds. The van der Waals surface area contributed by atoms with Crippen molar-refractivity contribution in [1.82, 2.24) is 4.90 Å². The average molecular weight is 298 g/mol. The van der Waals surface area contributed by atoms with Crippen LogP contribution in [0.2, 0.25) is 0 Å². The van der Waals surface area contributed by atoms with Gasteiger partial charge in [0.05, 0.1) is 0 Å². The standard InChI is InChI=1S/C13H16BrNO2/c14-8-10-7-13(17)15(9-10)6-5-11-3-1-2-4-12(11)16/h1-4,10,16H,5-9H2. The van der Waals surface area contributed by atoms with Crippen LogP contribution in [-0.2, 0) is 11.2 Å². The molecule has 1 atom stereocenters. The van der Waals surface area contributed by atoms with Crippen molar-refractivity contribution in [3.8, 4) is 5.75 Å². The van der Waals surface area contributed by atoms with Crippen LogP contribution < -0.4 is 0 Å². The SMILES string of the molecule is O=C1CC(CBr)CN1CCc1ccccc1O. The summed E-state index contributed by atoms with van der Waals surface area (Å²) in [5.41, 5.74) is 0.905. The second-order valence-electron chi connectivity index (χ2n) is 4.44. The highest BCUT2D eigenvalue weighted by molar-refractivity contribution is 9.09. The number of nitrogens with zero attached hydrogens (tertiary/aromatic N) is 1. The number of hydrogen-bond acceptors (Lipinski definition) is 2. The van der Waals surface area contributed by atoms with Crippen molar-refractivity contribution < 1.29 is 9.90 Å². The molecule has 1 aliphatic rings. The highest BCUT2D eigenvalue weighted by Crippen LogP contribution is 2.21. The number of alkyl halides is 1. The maximum absolute atomic E-state index is 11.7. The zero-order chi connectivity index (χ0) is 12.3. The van der Waals surface area contributed by atoms with Crippen molar-refractivity contribution >= 4 is 21.8 Å². The van der Waals surface area contributed by atoms with E-state index < -0.39 is 0 Å². The van der Waals surface area contributed by atoms with Gasteiger partial charge in [0.1, 0.15) is 5.75 Å². The Bertz CT molecular complexity index is 408. The van der Waals surface area contributed by atoms with Crippen LogP contribution in [0.1, 0.15) is 12.0 Å². The van der Waals surface area contributed by atoms with Gasteiger partial charge in [-0.15, -0.1) is 0 Å². The number of rotatable bonds is 4. The monoisotopic (exact) mass is 297 g/mol. The molecule has 4 heteroatoms. The number of phenols is 1. The van der Waals surface area contributed by atoms with Crippen LogP contribution in [0.4, 0.5) is 0 Å². The molecular formula is C13H16BrNO2. The van der Waals surface area contributed by atoms with Gasteiger partial charge in [-0.2, -0.15) is 0 Å². The second kappa shape index (κ2) is 5.54. The lowest BCUT2D eigenvalue weighted by Gasteiger charge is -2.16. The third kappa shape index (κ3) is 3.00. The number of amides is 1. The van der Waals surface area contributed by atoms with Crippen LogP contribution in [0.5, 0.6) is 5.75 Å². The Morgan fingerprint density at radius 2 is 2.18 bits per heavy atom. The molecule has 1 N–H and O–H groups in total. The van der Waals surface area contributed by atoms with Gasteiger partial charge in [0.25, 0.3) is 0 Å². The molecule has 3 nitrogen and oxygen atoms in total. The summed E-state index contributed by atoms with van der Waals surface area (Å²) >= 11 is 3.42. The molecule has 2 rings (SSSR count). The van der Waals surface area contributed by atoms with Crippen LogP contribution in [0.3, 0.4) is 0 Å². The fourth-order valence-corrected chi connectivity index (χ4v) is 2.58. The van der Waals surface area contributed by atoms with E-state index in [1.165, 1.54) is 0 Å². The lowest BCUT2D eigenvalue weighted by Crippen LogP contribution is -2.27. The molecule has 0 aliphatic carbocycles. The van der Waals surface area contributed by atoms with Crippen LogP contribution in [0.25, 0.3) is 0 Å². The van der Waals surface area contributed by atoms with Crippen molar-refractivity contribution in [3.05, 3.63) is 29.8 Å². The van der Waals surface area contributed by atoms with Gasteiger partial charge in [-0.05, 0) is 24.0 Å². The highest BCUT2D eigenvalue weighted by atomic mass is 79.9. The molecule has 1 aromatic carbocycles. The first-order valence-electron chi connectivity index (χ1n) is 5.81. The zero-order valence-electron chi connectivity index (χ0n) is 9.60. The first kappa shape index (κ1) is 12.4. The molecule has 1 fully saturated rings. The number of hydrogen-bond donors (Lipinski definition) is 1. The molecule has 1 aromatic rings. The molecule has 92 valence electrons. The molecule has 0 bridgehead atoms. The molecule has 1 unspecified atom stereocenters. The molecule has 1 heterocycles. The number of likely N-dealkylation sites (tertiary alicyclic amines) is 1. The smallest absolute Gasteiger partial charge is 0.222 e. The Morgan fingerprint density at radius 3 is 2.82 bits per heavy atom. The van der Waals surface area contributed by atoms with Crippen molar-refractivity contribution in [1.29, 1.82) is 0 Å². The number of phenolic OH excluding ortho intramolecular Hbond substituents is 1. The average Bonchev–Trinajstić information content (AvgIpc) is 2.69. The van der Waals surface area contributed by atoms with Gasteiger partial charge < -0.3 is 10.0 Å². The summed E-state index contributed by atoms with van der Waals surface area (Å²) in [6.45, 7) is 1.53. The Balaban J connectivity index is 1.91. The molecular weight excluding hydrogens is 282 g/mol. The first-order chi connectivity index (χ1) is 8.20. The summed E-state index contributed by atoms with van der Waals surface area (Å²) in [6.07, 6.45) is 1.36. The summed E-state index contributed by atoms with van der Waals surface area (Å²) in [6, 6.07) is 7.29. The van der Waals surface area contributed by atoms with E-state index in [-0.39, 0.29) is 5.91 Å².